The van der Waals surface area contributed by atoms with E-state index in [1.807, 2.05) is 0 Å². The molecular weight excluding hydrogens is 484 g/mol. The Labute approximate surface area is 229 Å². The van der Waals surface area contributed by atoms with Crippen LogP contribution in [0, 0.1) is 11.8 Å². The van der Waals surface area contributed by atoms with Gasteiger partial charge in [-0.25, -0.2) is 4.79 Å². The number of hydrogen-bond acceptors (Lipinski definition) is 6. The Hall–Kier alpha value is -0.990. The van der Waals surface area contributed by atoms with Crippen LogP contribution >= 0.6 is 0 Å². The fourth-order valence-corrected chi connectivity index (χ4v) is 6.59. The molecule has 6 atom stereocenters. The third-order valence-electron chi connectivity index (χ3n) is 9.04. The van der Waals surface area contributed by atoms with Gasteiger partial charge in [0.2, 0.25) is 0 Å². The molecule has 3 heterocycles. The van der Waals surface area contributed by atoms with Gasteiger partial charge in [0.25, 0.3) is 5.79 Å². The molecule has 1 aliphatic carbocycles. The molecule has 0 amide bonds. The van der Waals surface area contributed by atoms with Crippen LogP contribution in [-0.2, 0) is 28.5 Å². The maximum Gasteiger partial charge on any atom is 0.364 e. The molecule has 7 nitrogen and oxygen atoms in total. The SMILES string of the molecule is C=C1CC[C@H](CCCCCCCC)[C@H]1C[C@H]1OC1CCC(OC1CCCCO1)(OC1CCCCO1)C(=O)O. The number of epoxide rings is 1. The summed E-state index contributed by atoms with van der Waals surface area (Å²) in [4.78, 5) is 12.6. The molecule has 4 fully saturated rings. The number of carbonyl (C=O) groups is 1. The van der Waals surface area contributed by atoms with Gasteiger partial charge in [0.05, 0.1) is 12.2 Å². The van der Waals surface area contributed by atoms with Gasteiger partial charge in [-0.05, 0) is 82.5 Å². The molecular formula is C31H52O7. The number of aliphatic carboxylic acids is 1. The fourth-order valence-electron chi connectivity index (χ4n) is 6.59. The van der Waals surface area contributed by atoms with Crippen molar-refractivity contribution in [3.05, 3.63) is 12.2 Å². The Balaban J connectivity index is 1.28. The second-order valence-electron chi connectivity index (χ2n) is 12.0. The molecule has 1 N–H and O–H groups in total. The molecule has 38 heavy (non-hydrogen) atoms. The minimum atomic E-state index is -1.78. The molecule has 1 saturated carbocycles. The van der Waals surface area contributed by atoms with E-state index in [-0.39, 0.29) is 18.6 Å². The van der Waals surface area contributed by atoms with Crippen LogP contribution in [0.5, 0.6) is 0 Å². The molecule has 7 heteroatoms. The van der Waals surface area contributed by atoms with Gasteiger partial charge in [-0.3, -0.25) is 0 Å². The van der Waals surface area contributed by atoms with Gasteiger partial charge >= 0.3 is 5.97 Å². The van der Waals surface area contributed by atoms with E-state index < -0.39 is 24.3 Å². The second-order valence-corrected chi connectivity index (χ2v) is 12.0. The first kappa shape index (κ1) is 30.0. The van der Waals surface area contributed by atoms with Crippen LogP contribution in [0.25, 0.3) is 0 Å². The summed E-state index contributed by atoms with van der Waals surface area (Å²) < 4.78 is 29.8. The molecule has 0 aromatic heterocycles. The smallest absolute Gasteiger partial charge is 0.364 e. The zero-order valence-electron chi connectivity index (χ0n) is 23.7. The van der Waals surface area contributed by atoms with Gasteiger partial charge in [0, 0.05) is 19.6 Å². The second kappa shape index (κ2) is 15.1. The van der Waals surface area contributed by atoms with Crippen molar-refractivity contribution in [1.29, 1.82) is 0 Å². The van der Waals surface area contributed by atoms with Crippen molar-refractivity contribution in [3.8, 4) is 0 Å². The average molecular weight is 537 g/mol. The van der Waals surface area contributed by atoms with Crippen molar-refractivity contribution in [2.75, 3.05) is 13.2 Å². The van der Waals surface area contributed by atoms with E-state index in [2.05, 4.69) is 13.5 Å². The van der Waals surface area contributed by atoms with Crippen LogP contribution in [0.2, 0.25) is 0 Å². The third kappa shape index (κ3) is 8.76. The number of rotatable bonds is 17. The predicted molar refractivity (Wildman–Crippen MR) is 146 cm³/mol. The fraction of sp³-hybridized carbons (Fsp3) is 0.903. The Bertz CT molecular complexity index is 708. The van der Waals surface area contributed by atoms with E-state index in [1.165, 1.54) is 56.9 Å². The highest BCUT2D eigenvalue weighted by atomic mass is 16.8. The van der Waals surface area contributed by atoms with Crippen LogP contribution in [-0.4, -0.2) is 54.9 Å². The van der Waals surface area contributed by atoms with Gasteiger partial charge in [0.15, 0.2) is 12.6 Å². The number of hydrogen-bond donors (Lipinski definition) is 1. The van der Waals surface area contributed by atoms with Crippen molar-refractivity contribution in [1.82, 2.24) is 0 Å². The van der Waals surface area contributed by atoms with Crippen molar-refractivity contribution >= 4 is 5.97 Å². The first-order chi connectivity index (χ1) is 18.5. The predicted octanol–water partition coefficient (Wildman–Crippen LogP) is 7.12. The Kier molecular flexibility index (Phi) is 11.9. The lowest BCUT2D eigenvalue weighted by Crippen LogP contribution is -2.51. The summed E-state index contributed by atoms with van der Waals surface area (Å²) in [5.41, 5.74) is 1.38. The quantitative estimate of drug-likeness (QED) is 0.0916. The number of carboxylic acid groups (broad SMARTS) is 1. The highest BCUT2D eigenvalue weighted by molar-refractivity contribution is 5.75. The van der Waals surface area contributed by atoms with Crippen LogP contribution in [0.3, 0.4) is 0 Å². The van der Waals surface area contributed by atoms with Crippen LogP contribution in [0.15, 0.2) is 12.2 Å². The van der Waals surface area contributed by atoms with Crippen LogP contribution < -0.4 is 0 Å². The summed E-state index contributed by atoms with van der Waals surface area (Å²) in [6, 6.07) is 0. The summed E-state index contributed by atoms with van der Waals surface area (Å²) in [5, 5.41) is 10.3. The van der Waals surface area contributed by atoms with Gasteiger partial charge in [-0.15, -0.1) is 0 Å². The van der Waals surface area contributed by atoms with Gasteiger partial charge in [0.1, 0.15) is 0 Å². The zero-order valence-corrected chi connectivity index (χ0v) is 23.7. The van der Waals surface area contributed by atoms with Crippen LogP contribution in [0.4, 0.5) is 0 Å². The van der Waals surface area contributed by atoms with Crippen molar-refractivity contribution in [3.63, 3.8) is 0 Å². The van der Waals surface area contributed by atoms with Gasteiger partial charge in [-0.1, -0.05) is 57.6 Å². The van der Waals surface area contributed by atoms with E-state index in [0.29, 0.717) is 38.4 Å². The molecule has 3 aliphatic heterocycles. The van der Waals surface area contributed by atoms with Crippen molar-refractivity contribution in [2.45, 2.75) is 153 Å². The Morgan fingerprint density at radius 3 is 2.18 bits per heavy atom. The number of ether oxygens (including phenoxy) is 5. The van der Waals surface area contributed by atoms with E-state index in [0.717, 1.165) is 44.4 Å². The normalized spacial score (nSPS) is 33.2. The standard InChI is InChI=1S/C31H52O7/c1-3-4-5-6-7-8-13-24-17-16-23(2)25(24)22-27-26(36-27)18-19-31(30(32)33,37-28-14-9-11-20-34-28)38-29-15-10-12-21-35-29/h24-29H,2-22H2,1H3,(H,32,33)/t24-,25-,26?,27+,28?,29?,31?/m0/s1. The third-order valence-corrected chi connectivity index (χ3v) is 9.04. The van der Waals surface area contributed by atoms with E-state index >= 15 is 0 Å². The highest BCUT2D eigenvalue weighted by Crippen LogP contribution is 2.46. The van der Waals surface area contributed by atoms with Crippen LogP contribution in [0.1, 0.15) is 122 Å². The summed E-state index contributed by atoms with van der Waals surface area (Å²) in [6.45, 7) is 7.83. The lowest BCUT2D eigenvalue weighted by Gasteiger charge is -2.37. The van der Waals surface area contributed by atoms with Gasteiger partial charge < -0.3 is 28.8 Å². The lowest BCUT2D eigenvalue weighted by molar-refractivity contribution is -0.352. The minimum absolute atomic E-state index is 0.0450. The minimum Gasteiger partial charge on any atom is -0.477 e. The zero-order chi connectivity index (χ0) is 26.8. The summed E-state index contributed by atoms with van der Waals surface area (Å²) in [6.07, 6.45) is 17.8. The maximum absolute atomic E-state index is 12.6. The molecule has 0 radical (unpaired) electrons. The number of carboxylic acids is 1. The highest BCUT2D eigenvalue weighted by Gasteiger charge is 2.50. The molecule has 0 spiro atoms. The molecule has 0 aromatic rings. The van der Waals surface area contributed by atoms with Crippen molar-refractivity contribution < 1.29 is 33.6 Å². The van der Waals surface area contributed by atoms with E-state index in [1.54, 1.807) is 0 Å². The summed E-state index contributed by atoms with van der Waals surface area (Å²) in [5.74, 6) is -1.64. The Morgan fingerprint density at radius 2 is 1.58 bits per heavy atom. The lowest BCUT2D eigenvalue weighted by atomic mass is 9.85. The molecule has 4 aliphatic rings. The molecule has 218 valence electrons. The van der Waals surface area contributed by atoms with E-state index in [4.69, 9.17) is 23.7 Å². The molecule has 3 unspecified atom stereocenters. The number of allylic oxidation sites excluding steroid dienone is 1. The summed E-state index contributed by atoms with van der Waals surface area (Å²) in [7, 11) is 0. The molecule has 4 rings (SSSR count). The Morgan fingerprint density at radius 1 is 0.921 bits per heavy atom. The molecule has 3 saturated heterocycles. The first-order valence-electron chi connectivity index (χ1n) is 15.7. The number of unbranched alkanes of at least 4 members (excludes halogenated alkanes) is 5. The van der Waals surface area contributed by atoms with Gasteiger partial charge in [-0.2, -0.15) is 0 Å². The first-order valence-corrected chi connectivity index (χ1v) is 15.7. The average Bonchev–Trinajstić information content (AvgIpc) is 3.59. The topological polar surface area (TPSA) is 86.8 Å². The molecule has 0 aromatic carbocycles. The molecule has 0 bridgehead atoms. The van der Waals surface area contributed by atoms with E-state index in [9.17, 15) is 9.90 Å². The maximum atomic E-state index is 12.6. The summed E-state index contributed by atoms with van der Waals surface area (Å²) >= 11 is 0. The monoisotopic (exact) mass is 536 g/mol. The van der Waals surface area contributed by atoms with Crippen molar-refractivity contribution in [2.24, 2.45) is 11.8 Å². The largest absolute Gasteiger partial charge is 0.477 e.